The third-order valence-electron chi connectivity index (χ3n) is 4.09. The van der Waals surface area contributed by atoms with Crippen molar-refractivity contribution in [3.8, 4) is 0 Å². The Morgan fingerprint density at radius 2 is 1.83 bits per heavy atom. The summed E-state index contributed by atoms with van der Waals surface area (Å²) >= 11 is 5.10. The highest BCUT2D eigenvalue weighted by molar-refractivity contribution is 7.85. The fourth-order valence-electron chi connectivity index (χ4n) is 2.83. The number of nitrogens with two attached hydrogens (primary N) is 1. The zero-order chi connectivity index (χ0) is 13.2. The Morgan fingerprint density at radius 3 is 2.33 bits per heavy atom. The van der Waals surface area contributed by atoms with Gasteiger partial charge in [0.1, 0.15) is 0 Å². The lowest BCUT2D eigenvalue weighted by Crippen LogP contribution is -2.51. The molecule has 1 saturated carbocycles. The van der Waals surface area contributed by atoms with Crippen LogP contribution in [-0.2, 0) is 15.6 Å². The minimum Gasteiger partial charge on any atom is -0.392 e. The molecule has 1 saturated heterocycles. The molecular weight excluding hydrogens is 268 g/mol. The van der Waals surface area contributed by atoms with Crippen molar-refractivity contribution in [1.29, 1.82) is 0 Å². The number of carbonyl (C=O) groups excluding carboxylic acids is 1. The van der Waals surface area contributed by atoms with Crippen molar-refractivity contribution in [1.82, 2.24) is 5.32 Å². The molecule has 0 spiro atoms. The first kappa shape index (κ1) is 13.9. The van der Waals surface area contributed by atoms with Gasteiger partial charge in [-0.1, -0.05) is 25.1 Å². The molecule has 0 atom stereocenters. The van der Waals surface area contributed by atoms with Gasteiger partial charge in [0.05, 0.1) is 10.4 Å². The van der Waals surface area contributed by atoms with Crippen LogP contribution in [0.5, 0.6) is 0 Å². The van der Waals surface area contributed by atoms with E-state index in [1.165, 1.54) is 0 Å². The van der Waals surface area contributed by atoms with Crippen LogP contribution in [-0.4, -0.2) is 32.7 Å². The molecule has 2 fully saturated rings. The standard InChI is InChI=1S/C12H20N2O2S2/c13-10(17)12(5-1-2-6-12)11(15)14-9-3-7-18(16)8-4-9/h9H,1-8H2,(H2,13,17)(H,14,15). The SMILES string of the molecule is NC(=S)C1(C(=O)NC2CCS(=O)CC2)CCCC1. The van der Waals surface area contributed by atoms with Gasteiger partial charge in [-0.25, -0.2) is 0 Å². The van der Waals surface area contributed by atoms with E-state index in [-0.39, 0.29) is 11.9 Å². The van der Waals surface area contributed by atoms with Crippen molar-refractivity contribution in [2.24, 2.45) is 11.1 Å². The Labute approximate surface area is 116 Å². The van der Waals surface area contributed by atoms with Crippen LogP contribution < -0.4 is 11.1 Å². The molecule has 0 aromatic heterocycles. The molecule has 1 amide bonds. The molecule has 0 unspecified atom stereocenters. The minimum atomic E-state index is -0.699. The van der Waals surface area contributed by atoms with E-state index in [9.17, 15) is 9.00 Å². The number of amides is 1. The molecule has 1 aliphatic heterocycles. The van der Waals surface area contributed by atoms with Crippen molar-refractivity contribution in [2.45, 2.75) is 44.6 Å². The third kappa shape index (κ3) is 2.74. The summed E-state index contributed by atoms with van der Waals surface area (Å²) < 4.78 is 11.3. The van der Waals surface area contributed by atoms with E-state index >= 15 is 0 Å². The zero-order valence-electron chi connectivity index (χ0n) is 10.4. The second-order valence-corrected chi connectivity index (χ2v) is 7.39. The Balaban J connectivity index is 1.98. The first-order valence-corrected chi connectivity index (χ1v) is 8.40. The van der Waals surface area contributed by atoms with Gasteiger partial charge < -0.3 is 11.1 Å². The second-order valence-electron chi connectivity index (χ2n) is 5.25. The molecule has 0 bridgehead atoms. The van der Waals surface area contributed by atoms with Gasteiger partial charge in [0.25, 0.3) is 0 Å². The van der Waals surface area contributed by atoms with E-state index in [4.69, 9.17) is 18.0 Å². The van der Waals surface area contributed by atoms with Gasteiger partial charge in [0.15, 0.2) is 0 Å². The Kier molecular flexibility index (Phi) is 4.37. The molecule has 0 aromatic rings. The van der Waals surface area contributed by atoms with Crippen LogP contribution in [0.3, 0.4) is 0 Å². The van der Waals surface area contributed by atoms with Gasteiger partial charge in [-0.2, -0.15) is 0 Å². The number of rotatable bonds is 3. The predicted molar refractivity (Wildman–Crippen MR) is 76.7 cm³/mol. The van der Waals surface area contributed by atoms with Crippen molar-refractivity contribution >= 4 is 33.9 Å². The number of hydrogen-bond donors (Lipinski definition) is 2. The van der Waals surface area contributed by atoms with Crippen molar-refractivity contribution in [3.63, 3.8) is 0 Å². The zero-order valence-corrected chi connectivity index (χ0v) is 12.1. The smallest absolute Gasteiger partial charge is 0.233 e. The van der Waals surface area contributed by atoms with Crippen LogP contribution in [0.2, 0.25) is 0 Å². The first-order valence-electron chi connectivity index (χ1n) is 6.50. The van der Waals surface area contributed by atoms with Crippen molar-refractivity contribution in [2.75, 3.05) is 11.5 Å². The Morgan fingerprint density at radius 1 is 1.28 bits per heavy atom. The van der Waals surface area contributed by atoms with E-state index in [1.54, 1.807) is 0 Å². The molecule has 0 radical (unpaired) electrons. The summed E-state index contributed by atoms with van der Waals surface area (Å²) in [5.41, 5.74) is 5.16. The summed E-state index contributed by atoms with van der Waals surface area (Å²) in [6.07, 6.45) is 5.16. The lowest BCUT2D eigenvalue weighted by Gasteiger charge is -2.30. The summed E-state index contributed by atoms with van der Waals surface area (Å²) in [7, 11) is -0.699. The minimum absolute atomic E-state index is 0.00909. The third-order valence-corrected chi connectivity index (χ3v) is 5.86. The molecular formula is C12H20N2O2S2. The van der Waals surface area contributed by atoms with Crippen LogP contribution >= 0.6 is 12.2 Å². The van der Waals surface area contributed by atoms with Crippen LogP contribution in [0.25, 0.3) is 0 Å². The monoisotopic (exact) mass is 288 g/mol. The quantitative estimate of drug-likeness (QED) is 0.756. The normalized spacial score (nSPS) is 30.9. The van der Waals surface area contributed by atoms with Crippen molar-refractivity contribution in [3.05, 3.63) is 0 Å². The predicted octanol–water partition coefficient (Wildman–Crippen LogP) is 0.860. The molecule has 0 aromatic carbocycles. The highest BCUT2D eigenvalue weighted by Gasteiger charge is 2.44. The summed E-state index contributed by atoms with van der Waals surface area (Å²) in [5.74, 6) is 1.36. The van der Waals surface area contributed by atoms with Crippen LogP contribution in [0.4, 0.5) is 0 Å². The molecule has 3 N–H and O–H groups in total. The number of carbonyl (C=O) groups is 1. The fourth-order valence-corrected chi connectivity index (χ4v) is 4.42. The average Bonchev–Trinajstić information content (AvgIpc) is 2.82. The first-order chi connectivity index (χ1) is 8.54. The maximum Gasteiger partial charge on any atom is 0.233 e. The van der Waals surface area contributed by atoms with E-state index in [2.05, 4.69) is 5.32 Å². The molecule has 6 heteroatoms. The summed E-state index contributed by atoms with van der Waals surface area (Å²) in [4.78, 5) is 12.7. The number of nitrogens with one attached hydrogen (secondary N) is 1. The molecule has 1 heterocycles. The van der Waals surface area contributed by atoms with Gasteiger partial charge in [-0.3, -0.25) is 9.00 Å². The van der Waals surface area contributed by atoms with Gasteiger partial charge in [-0.15, -0.1) is 0 Å². The van der Waals surface area contributed by atoms with Gasteiger partial charge in [0.2, 0.25) is 5.91 Å². The topological polar surface area (TPSA) is 72.2 Å². The fraction of sp³-hybridized carbons (Fsp3) is 0.833. The molecule has 1 aliphatic carbocycles. The van der Waals surface area contributed by atoms with Crippen LogP contribution in [0.15, 0.2) is 0 Å². The number of hydrogen-bond acceptors (Lipinski definition) is 3. The second kappa shape index (κ2) is 5.65. The lowest BCUT2D eigenvalue weighted by atomic mass is 9.84. The maximum absolute atomic E-state index is 12.4. The molecule has 18 heavy (non-hydrogen) atoms. The van der Waals surface area contributed by atoms with E-state index in [1.807, 2.05) is 0 Å². The molecule has 2 rings (SSSR count). The van der Waals surface area contributed by atoms with Crippen LogP contribution in [0, 0.1) is 5.41 Å². The van der Waals surface area contributed by atoms with E-state index in [0.717, 1.165) is 38.5 Å². The van der Waals surface area contributed by atoms with E-state index < -0.39 is 16.2 Å². The summed E-state index contributed by atoms with van der Waals surface area (Å²) in [6.45, 7) is 0. The molecule has 102 valence electrons. The summed E-state index contributed by atoms with van der Waals surface area (Å²) in [5, 5.41) is 3.06. The van der Waals surface area contributed by atoms with Crippen LogP contribution in [0.1, 0.15) is 38.5 Å². The maximum atomic E-state index is 12.4. The lowest BCUT2D eigenvalue weighted by molar-refractivity contribution is -0.128. The van der Waals surface area contributed by atoms with E-state index in [0.29, 0.717) is 16.5 Å². The molecule has 4 nitrogen and oxygen atoms in total. The highest BCUT2D eigenvalue weighted by Crippen LogP contribution is 2.39. The largest absolute Gasteiger partial charge is 0.392 e. The van der Waals surface area contributed by atoms with Crippen molar-refractivity contribution < 1.29 is 9.00 Å². The van der Waals surface area contributed by atoms with Gasteiger partial charge in [-0.05, 0) is 25.7 Å². The number of thiocarbonyl (C=S) groups is 1. The average molecular weight is 288 g/mol. The van der Waals surface area contributed by atoms with Gasteiger partial charge in [0, 0.05) is 28.3 Å². The summed E-state index contributed by atoms with van der Waals surface area (Å²) in [6, 6.07) is 0.141. The van der Waals surface area contributed by atoms with Gasteiger partial charge >= 0.3 is 0 Å². The highest BCUT2D eigenvalue weighted by atomic mass is 32.2. The Hall–Kier alpha value is -0.490. The Bertz CT molecular complexity index is 368. The molecule has 2 aliphatic rings.